The number of carbonyl (C=O) groups excluding carboxylic acids is 1. The summed E-state index contributed by atoms with van der Waals surface area (Å²) >= 11 is 0. The largest absolute Gasteiger partial charge is 1.00 e. The summed E-state index contributed by atoms with van der Waals surface area (Å²) in [5, 5.41) is 25.1. The second-order valence-corrected chi connectivity index (χ2v) is 7.32. The van der Waals surface area contributed by atoms with E-state index in [1.165, 1.54) is 0 Å². The van der Waals surface area contributed by atoms with Gasteiger partial charge < -0.3 is 23.7 Å². The van der Waals surface area contributed by atoms with Crippen LogP contribution in [0.1, 0.15) is 25.8 Å². The van der Waals surface area contributed by atoms with E-state index in [1.54, 1.807) is 18.2 Å². The molecule has 0 radical (unpaired) electrons. The topological polar surface area (TPSA) is 117 Å². The Hall–Kier alpha value is -3.12. The Morgan fingerprint density at radius 3 is 2.72 bits per heavy atom. The molecule has 0 saturated carbocycles. The SMILES string of the molecule is CC(C)Oc1ccc(-c2nc(-c3ccc4c(ccn4CCC(=O)[O-])c3)no2)cc1C#N.[Na+]. The zero-order chi connectivity index (χ0) is 22.0. The van der Waals surface area contributed by atoms with Crippen molar-refractivity contribution in [3.8, 4) is 34.7 Å². The van der Waals surface area contributed by atoms with Gasteiger partial charge >= 0.3 is 29.6 Å². The van der Waals surface area contributed by atoms with Gasteiger partial charge in [-0.1, -0.05) is 5.16 Å². The van der Waals surface area contributed by atoms with Gasteiger partial charge in [-0.3, -0.25) is 0 Å². The Morgan fingerprint density at radius 1 is 1.22 bits per heavy atom. The molecule has 0 unspecified atom stereocenters. The van der Waals surface area contributed by atoms with E-state index in [0.29, 0.717) is 35.1 Å². The van der Waals surface area contributed by atoms with Crippen LogP contribution >= 0.6 is 0 Å². The molecule has 0 aliphatic heterocycles. The van der Waals surface area contributed by atoms with Crippen LogP contribution in [0, 0.1) is 11.3 Å². The van der Waals surface area contributed by atoms with Gasteiger partial charge in [0.1, 0.15) is 11.8 Å². The van der Waals surface area contributed by atoms with Crippen molar-refractivity contribution in [1.29, 1.82) is 5.26 Å². The first-order chi connectivity index (χ1) is 14.9. The standard InChI is InChI=1S/C23H20N4O4.Na/c1-14(2)30-20-6-4-17(12-18(20)13-24)23-25-22(26-31-23)16-3-5-19-15(11-16)7-9-27(19)10-8-21(28)29;/h3-7,9,11-12,14H,8,10H2,1-2H3,(H,28,29);/q;+1/p-1. The van der Waals surface area contributed by atoms with Gasteiger partial charge in [-0.15, -0.1) is 0 Å². The Kier molecular flexibility index (Phi) is 7.36. The molecule has 8 nitrogen and oxygen atoms in total. The Bertz CT molecular complexity index is 1300. The van der Waals surface area contributed by atoms with Crippen LogP contribution in [0.2, 0.25) is 0 Å². The maximum atomic E-state index is 10.7. The molecule has 0 atom stereocenters. The average molecular weight is 438 g/mol. The van der Waals surface area contributed by atoms with E-state index in [1.807, 2.05) is 48.9 Å². The van der Waals surface area contributed by atoms with Crippen LogP contribution in [-0.4, -0.2) is 26.8 Å². The third-order valence-corrected chi connectivity index (χ3v) is 4.72. The molecule has 0 bridgehead atoms. The molecule has 2 aromatic carbocycles. The number of aromatic nitrogens is 3. The molecule has 32 heavy (non-hydrogen) atoms. The number of aliphatic carboxylic acids is 1. The fraction of sp³-hybridized carbons (Fsp3) is 0.217. The number of benzene rings is 2. The number of ether oxygens (including phenoxy) is 1. The normalized spacial score (nSPS) is 10.7. The molecular weight excluding hydrogens is 419 g/mol. The van der Waals surface area contributed by atoms with Gasteiger partial charge in [-0.2, -0.15) is 10.2 Å². The van der Waals surface area contributed by atoms with Crippen molar-refractivity contribution < 1.29 is 48.7 Å². The fourth-order valence-corrected chi connectivity index (χ4v) is 3.31. The quantitative estimate of drug-likeness (QED) is 0.377. The minimum absolute atomic E-state index is 0. The van der Waals surface area contributed by atoms with Gasteiger partial charge in [0.05, 0.1) is 11.7 Å². The summed E-state index contributed by atoms with van der Waals surface area (Å²) in [6.45, 7) is 4.14. The summed E-state index contributed by atoms with van der Waals surface area (Å²) in [6.07, 6.45) is 1.74. The predicted molar refractivity (Wildman–Crippen MR) is 111 cm³/mol. The molecule has 0 saturated heterocycles. The maximum absolute atomic E-state index is 10.7. The second-order valence-electron chi connectivity index (χ2n) is 7.32. The Morgan fingerprint density at radius 2 is 2.00 bits per heavy atom. The van der Waals surface area contributed by atoms with Gasteiger partial charge in [-0.05, 0) is 56.3 Å². The van der Waals surface area contributed by atoms with Gasteiger partial charge in [0.25, 0.3) is 5.89 Å². The summed E-state index contributed by atoms with van der Waals surface area (Å²) in [4.78, 5) is 15.2. The zero-order valence-electron chi connectivity index (χ0n) is 18.0. The van der Waals surface area contributed by atoms with Gasteiger partial charge in [0, 0.05) is 47.2 Å². The molecule has 0 N–H and O–H groups in total. The average Bonchev–Trinajstić information content (AvgIpc) is 3.39. The van der Waals surface area contributed by atoms with E-state index < -0.39 is 5.97 Å². The third-order valence-electron chi connectivity index (χ3n) is 4.72. The molecule has 2 aromatic heterocycles. The molecule has 0 fully saturated rings. The molecule has 4 aromatic rings. The van der Waals surface area contributed by atoms with Crippen molar-refractivity contribution in [2.75, 3.05) is 0 Å². The second kappa shape index (κ2) is 10.0. The van der Waals surface area contributed by atoms with Gasteiger partial charge in [0.15, 0.2) is 0 Å². The van der Waals surface area contributed by atoms with Crippen LogP contribution in [0.15, 0.2) is 53.2 Å². The number of carboxylic acids is 1. The van der Waals surface area contributed by atoms with E-state index in [4.69, 9.17) is 9.26 Å². The van der Waals surface area contributed by atoms with E-state index in [0.717, 1.165) is 16.5 Å². The van der Waals surface area contributed by atoms with E-state index in [9.17, 15) is 15.2 Å². The van der Waals surface area contributed by atoms with Gasteiger partial charge in [0.2, 0.25) is 5.82 Å². The van der Waals surface area contributed by atoms with Crippen molar-refractivity contribution in [3.05, 3.63) is 54.2 Å². The van der Waals surface area contributed by atoms with Crippen molar-refractivity contribution in [2.24, 2.45) is 0 Å². The Balaban J connectivity index is 0.00000289. The van der Waals surface area contributed by atoms with Crippen molar-refractivity contribution in [3.63, 3.8) is 0 Å². The number of nitriles is 1. The number of aryl methyl sites for hydroxylation is 1. The number of carboxylic acid groups (broad SMARTS) is 1. The van der Waals surface area contributed by atoms with Crippen molar-refractivity contribution in [2.45, 2.75) is 32.9 Å². The zero-order valence-corrected chi connectivity index (χ0v) is 20.0. The monoisotopic (exact) mass is 438 g/mol. The first-order valence-electron chi connectivity index (χ1n) is 9.78. The molecule has 2 heterocycles. The molecule has 0 aliphatic rings. The fourth-order valence-electron chi connectivity index (χ4n) is 3.31. The molecule has 4 rings (SSSR count). The Labute approximate surface area is 206 Å². The first-order valence-corrected chi connectivity index (χ1v) is 9.78. The number of nitrogens with zero attached hydrogens (tertiary/aromatic N) is 4. The van der Waals surface area contributed by atoms with Crippen LogP contribution in [0.3, 0.4) is 0 Å². The van der Waals surface area contributed by atoms with Crippen molar-refractivity contribution >= 4 is 16.9 Å². The summed E-state index contributed by atoms with van der Waals surface area (Å²) in [5.41, 5.74) is 2.69. The van der Waals surface area contributed by atoms with Crippen LogP contribution in [0.4, 0.5) is 0 Å². The van der Waals surface area contributed by atoms with E-state index in [-0.39, 0.29) is 42.1 Å². The van der Waals surface area contributed by atoms with Crippen molar-refractivity contribution in [1.82, 2.24) is 14.7 Å². The predicted octanol–water partition coefficient (Wildman–Crippen LogP) is 0.161. The van der Waals surface area contributed by atoms with Crippen LogP contribution in [0.25, 0.3) is 33.7 Å². The third kappa shape index (κ3) is 5.02. The van der Waals surface area contributed by atoms with Crippen LogP contribution in [-0.2, 0) is 11.3 Å². The molecule has 0 amide bonds. The summed E-state index contributed by atoms with van der Waals surface area (Å²) in [6, 6.07) is 14.9. The van der Waals surface area contributed by atoms with E-state index >= 15 is 0 Å². The number of hydrogen-bond acceptors (Lipinski definition) is 7. The van der Waals surface area contributed by atoms with E-state index in [2.05, 4.69) is 16.2 Å². The van der Waals surface area contributed by atoms with Gasteiger partial charge in [-0.25, -0.2) is 0 Å². The molecule has 0 spiro atoms. The first kappa shape index (κ1) is 23.5. The molecule has 0 aliphatic carbocycles. The van der Waals surface area contributed by atoms with Crippen LogP contribution < -0.4 is 39.4 Å². The smallest absolute Gasteiger partial charge is 0.550 e. The minimum atomic E-state index is -1.08. The summed E-state index contributed by atoms with van der Waals surface area (Å²) in [5.74, 6) is 0.144. The number of carbonyl (C=O) groups is 1. The maximum Gasteiger partial charge on any atom is 1.00 e. The summed E-state index contributed by atoms with van der Waals surface area (Å²) in [7, 11) is 0. The minimum Gasteiger partial charge on any atom is -0.550 e. The number of rotatable bonds is 7. The van der Waals surface area contributed by atoms with Crippen LogP contribution in [0.5, 0.6) is 5.75 Å². The molecular formula is C23H19N4NaO4. The molecule has 156 valence electrons. The number of fused-ring (bicyclic) bond motifs is 1. The number of hydrogen-bond donors (Lipinski definition) is 0. The summed E-state index contributed by atoms with van der Waals surface area (Å²) < 4.78 is 12.9. The molecule has 9 heteroatoms.